The molecule has 3 aromatic carbocycles. The van der Waals surface area contributed by atoms with Crippen molar-refractivity contribution in [2.75, 3.05) is 13.9 Å². The number of ether oxygens (including phenoxy) is 4. The van der Waals surface area contributed by atoms with Gasteiger partial charge >= 0.3 is 0 Å². The summed E-state index contributed by atoms with van der Waals surface area (Å²) in [5.41, 5.74) is 2.49. The average molecular weight is 451 g/mol. The van der Waals surface area contributed by atoms with Gasteiger partial charge in [-0.05, 0) is 52.8 Å². The maximum Gasteiger partial charge on any atom is 0.231 e. The fraction of sp³-hybridized carbons (Fsp3) is 0.333. The Bertz CT molecular complexity index is 1070. The highest BCUT2D eigenvalue weighted by Gasteiger charge is 2.30. The van der Waals surface area contributed by atoms with Gasteiger partial charge in [0.05, 0.1) is 19.3 Å². The van der Waals surface area contributed by atoms with E-state index in [1.807, 2.05) is 62.4 Å². The molecule has 4 atom stereocenters. The zero-order valence-electron chi connectivity index (χ0n) is 19.1. The van der Waals surface area contributed by atoms with Gasteiger partial charge in [-0.15, -0.1) is 0 Å². The third-order valence-corrected chi connectivity index (χ3v) is 6.33. The van der Waals surface area contributed by atoms with E-state index in [1.54, 1.807) is 25.3 Å². The second-order valence-electron chi connectivity index (χ2n) is 8.41. The van der Waals surface area contributed by atoms with Gasteiger partial charge in [-0.25, -0.2) is 0 Å². The molecule has 0 aliphatic carbocycles. The van der Waals surface area contributed by atoms with Crippen LogP contribution < -0.4 is 18.9 Å². The lowest BCUT2D eigenvalue weighted by molar-refractivity contribution is 0.0210. The molecule has 1 aliphatic rings. The molecular weight excluding hydrogens is 420 g/mol. The van der Waals surface area contributed by atoms with Crippen LogP contribution in [0.1, 0.15) is 42.7 Å². The number of aliphatic hydroxyl groups is 2. The minimum atomic E-state index is -0.791. The summed E-state index contributed by atoms with van der Waals surface area (Å²) in [5.74, 6) is 2.01. The summed E-state index contributed by atoms with van der Waals surface area (Å²) in [7, 11) is 1.58. The maximum atomic E-state index is 11.1. The summed E-state index contributed by atoms with van der Waals surface area (Å²) in [6, 6.07) is 20.8. The summed E-state index contributed by atoms with van der Waals surface area (Å²) in [5, 5.41) is 22.0. The maximum absolute atomic E-state index is 11.1. The lowest BCUT2D eigenvalue weighted by atomic mass is 9.81. The molecule has 0 saturated heterocycles. The molecule has 0 spiro atoms. The molecule has 0 saturated carbocycles. The first-order chi connectivity index (χ1) is 16.0. The normalized spacial score (nSPS) is 16.0. The number of aliphatic hydroxyl groups excluding tert-OH is 2. The van der Waals surface area contributed by atoms with Gasteiger partial charge in [-0.1, -0.05) is 56.3 Å². The van der Waals surface area contributed by atoms with Crippen LogP contribution >= 0.6 is 0 Å². The van der Waals surface area contributed by atoms with Crippen LogP contribution in [-0.2, 0) is 6.61 Å². The van der Waals surface area contributed by atoms with Crippen LogP contribution in [0.4, 0.5) is 0 Å². The Balaban J connectivity index is 1.45. The molecule has 0 aromatic heterocycles. The van der Waals surface area contributed by atoms with Gasteiger partial charge in [-0.2, -0.15) is 0 Å². The SMILES string of the molecule is COc1cc([C@@H](O)[C@H](C)[C@H](C)[C@@H](O)c2ccc3c(c2)OCO3)ccc1OCc1ccccc1. The van der Waals surface area contributed by atoms with Gasteiger partial charge < -0.3 is 29.2 Å². The Morgan fingerprint density at radius 3 is 2.12 bits per heavy atom. The molecule has 6 nitrogen and oxygen atoms in total. The zero-order valence-corrected chi connectivity index (χ0v) is 19.1. The lowest BCUT2D eigenvalue weighted by Gasteiger charge is -2.29. The fourth-order valence-electron chi connectivity index (χ4n) is 4.00. The van der Waals surface area contributed by atoms with Crippen molar-refractivity contribution in [3.05, 3.63) is 83.4 Å². The van der Waals surface area contributed by atoms with Crippen molar-refractivity contribution in [3.63, 3.8) is 0 Å². The van der Waals surface area contributed by atoms with E-state index in [-0.39, 0.29) is 18.6 Å². The molecule has 3 aromatic rings. The first-order valence-corrected chi connectivity index (χ1v) is 11.1. The minimum absolute atomic E-state index is 0.187. The highest BCUT2D eigenvalue weighted by Crippen LogP contribution is 2.40. The molecule has 0 radical (unpaired) electrons. The zero-order chi connectivity index (χ0) is 23.4. The number of hydrogen-bond acceptors (Lipinski definition) is 6. The summed E-state index contributed by atoms with van der Waals surface area (Å²) in [6.45, 7) is 4.47. The van der Waals surface area contributed by atoms with Crippen LogP contribution in [-0.4, -0.2) is 24.1 Å². The fourth-order valence-corrected chi connectivity index (χ4v) is 4.00. The van der Waals surface area contributed by atoms with Gasteiger partial charge in [0.1, 0.15) is 6.61 Å². The van der Waals surface area contributed by atoms with Crippen molar-refractivity contribution in [2.45, 2.75) is 32.7 Å². The van der Waals surface area contributed by atoms with E-state index in [9.17, 15) is 10.2 Å². The van der Waals surface area contributed by atoms with E-state index < -0.39 is 12.2 Å². The van der Waals surface area contributed by atoms with Crippen molar-refractivity contribution in [2.24, 2.45) is 11.8 Å². The highest BCUT2D eigenvalue weighted by molar-refractivity contribution is 5.45. The molecule has 0 unspecified atom stereocenters. The van der Waals surface area contributed by atoms with Crippen molar-refractivity contribution < 1.29 is 29.2 Å². The largest absolute Gasteiger partial charge is 0.493 e. The predicted molar refractivity (Wildman–Crippen MR) is 125 cm³/mol. The molecule has 0 bridgehead atoms. The van der Waals surface area contributed by atoms with Crippen molar-refractivity contribution in [1.82, 2.24) is 0 Å². The smallest absolute Gasteiger partial charge is 0.231 e. The number of fused-ring (bicyclic) bond motifs is 1. The van der Waals surface area contributed by atoms with Gasteiger partial charge in [0.2, 0.25) is 6.79 Å². The molecule has 33 heavy (non-hydrogen) atoms. The van der Waals surface area contributed by atoms with E-state index in [4.69, 9.17) is 18.9 Å². The first kappa shape index (κ1) is 23.0. The summed E-state index contributed by atoms with van der Waals surface area (Å²) < 4.78 is 22.2. The van der Waals surface area contributed by atoms with Crippen LogP contribution in [0.3, 0.4) is 0 Å². The van der Waals surface area contributed by atoms with Crippen LogP contribution in [0.2, 0.25) is 0 Å². The first-order valence-electron chi connectivity index (χ1n) is 11.1. The third kappa shape index (κ3) is 5.07. The molecule has 4 rings (SSSR count). The second kappa shape index (κ2) is 10.1. The van der Waals surface area contributed by atoms with E-state index >= 15 is 0 Å². The van der Waals surface area contributed by atoms with E-state index in [1.165, 1.54) is 0 Å². The molecular formula is C27H30O6. The van der Waals surface area contributed by atoms with Crippen LogP contribution in [0, 0.1) is 11.8 Å². The van der Waals surface area contributed by atoms with Crippen molar-refractivity contribution in [1.29, 1.82) is 0 Å². The lowest BCUT2D eigenvalue weighted by Crippen LogP contribution is -2.23. The van der Waals surface area contributed by atoms with Gasteiger partial charge in [0.25, 0.3) is 0 Å². The van der Waals surface area contributed by atoms with Crippen LogP contribution in [0.25, 0.3) is 0 Å². The summed E-state index contributed by atoms with van der Waals surface area (Å²) >= 11 is 0. The monoisotopic (exact) mass is 450 g/mol. The summed E-state index contributed by atoms with van der Waals surface area (Å²) in [6.07, 6.45) is -1.56. The Kier molecular flexibility index (Phi) is 7.06. The molecule has 174 valence electrons. The topological polar surface area (TPSA) is 77.4 Å². The van der Waals surface area contributed by atoms with Gasteiger partial charge in [-0.3, -0.25) is 0 Å². The number of hydrogen-bond donors (Lipinski definition) is 2. The predicted octanol–water partition coefficient (Wildman–Crippen LogP) is 5.04. The quantitative estimate of drug-likeness (QED) is 0.476. The molecule has 6 heteroatoms. The average Bonchev–Trinajstić information content (AvgIpc) is 3.34. The van der Waals surface area contributed by atoms with Gasteiger partial charge in [0, 0.05) is 0 Å². The molecule has 2 N–H and O–H groups in total. The number of rotatable bonds is 9. The van der Waals surface area contributed by atoms with E-state index in [2.05, 4.69) is 0 Å². The molecule has 1 aliphatic heterocycles. The van der Waals surface area contributed by atoms with Crippen molar-refractivity contribution >= 4 is 0 Å². The number of benzene rings is 3. The van der Waals surface area contributed by atoms with Crippen LogP contribution in [0.5, 0.6) is 23.0 Å². The third-order valence-electron chi connectivity index (χ3n) is 6.33. The molecule has 0 fully saturated rings. The van der Waals surface area contributed by atoms with E-state index in [0.717, 1.165) is 11.1 Å². The van der Waals surface area contributed by atoms with Crippen LogP contribution in [0.15, 0.2) is 66.7 Å². The second-order valence-corrected chi connectivity index (χ2v) is 8.41. The Hall–Kier alpha value is -3.22. The Morgan fingerprint density at radius 2 is 1.42 bits per heavy atom. The Morgan fingerprint density at radius 1 is 0.788 bits per heavy atom. The molecule has 1 heterocycles. The minimum Gasteiger partial charge on any atom is -0.493 e. The molecule has 0 amide bonds. The number of methoxy groups -OCH3 is 1. The standard InChI is InChI=1S/C27H30O6/c1-17(18(2)27(29)21-10-12-23-25(14-21)33-16-32-23)26(28)20-9-11-22(24(13-20)30-3)31-15-19-7-5-4-6-8-19/h4-14,17-18,26-29H,15-16H2,1-3H3/t17-,18+,26+,27-/m1/s1. The highest BCUT2D eigenvalue weighted by atomic mass is 16.7. The van der Waals surface area contributed by atoms with Gasteiger partial charge in [0.15, 0.2) is 23.0 Å². The Labute approximate surface area is 194 Å². The summed E-state index contributed by atoms with van der Waals surface area (Å²) in [4.78, 5) is 0. The van der Waals surface area contributed by atoms with Crippen molar-refractivity contribution in [3.8, 4) is 23.0 Å². The van der Waals surface area contributed by atoms with E-state index in [0.29, 0.717) is 35.2 Å².